The van der Waals surface area contributed by atoms with Gasteiger partial charge in [0.05, 0.1) is 6.61 Å². The molecule has 0 fully saturated rings. The van der Waals surface area contributed by atoms with Crippen LogP contribution in [0.3, 0.4) is 0 Å². The van der Waals surface area contributed by atoms with Crippen LogP contribution in [0.2, 0.25) is 0 Å². The lowest BCUT2D eigenvalue weighted by molar-refractivity contribution is -0.153. The van der Waals surface area contributed by atoms with Crippen molar-refractivity contribution in [2.75, 3.05) is 6.61 Å². The molecule has 3 heteroatoms. The summed E-state index contributed by atoms with van der Waals surface area (Å²) in [4.78, 5) is 11.3. The number of aliphatic hydroxyl groups excluding tert-OH is 1. The fourth-order valence-corrected chi connectivity index (χ4v) is 1.89. The molecule has 0 amide bonds. The molecule has 1 N–H and O–H groups in total. The number of hydrogen-bond donors (Lipinski definition) is 1. The van der Waals surface area contributed by atoms with Crippen LogP contribution in [0.4, 0.5) is 0 Å². The summed E-state index contributed by atoms with van der Waals surface area (Å²) in [6.45, 7) is 4.57. The first-order chi connectivity index (χ1) is 8.72. The van der Waals surface area contributed by atoms with Crippen molar-refractivity contribution in [1.29, 1.82) is 0 Å². The van der Waals surface area contributed by atoms with Crippen LogP contribution >= 0.6 is 0 Å². The van der Waals surface area contributed by atoms with E-state index in [9.17, 15) is 9.90 Å². The zero-order valence-corrected chi connectivity index (χ0v) is 12.1. The number of unbranched alkanes of at least 4 members (excludes halogenated alkanes) is 7. The monoisotopic (exact) mass is 258 g/mol. The van der Waals surface area contributed by atoms with Crippen molar-refractivity contribution in [3.05, 3.63) is 0 Å². The quantitative estimate of drug-likeness (QED) is 0.427. The highest BCUT2D eigenvalue weighted by Crippen LogP contribution is 2.11. The fourth-order valence-electron chi connectivity index (χ4n) is 1.89. The van der Waals surface area contributed by atoms with Crippen molar-refractivity contribution in [1.82, 2.24) is 0 Å². The van der Waals surface area contributed by atoms with Gasteiger partial charge in [-0.2, -0.15) is 0 Å². The third kappa shape index (κ3) is 10.6. The van der Waals surface area contributed by atoms with Gasteiger partial charge in [0, 0.05) is 0 Å². The number of ether oxygens (including phenoxy) is 1. The minimum atomic E-state index is -0.920. The van der Waals surface area contributed by atoms with E-state index in [2.05, 4.69) is 6.92 Å². The minimum absolute atomic E-state index is 0.410. The zero-order valence-electron chi connectivity index (χ0n) is 12.1. The van der Waals surface area contributed by atoms with E-state index in [-0.39, 0.29) is 0 Å². The largest absolute Gasteiger partial charge is 0.464 e. The summed E-state index contributed by atoms with van der Waals surface area (Å²) in [5.74, 6) is -0.459. The molecule has 0 aromatic carbocycles. The normalized spacial score (nSPS) is 12.4. The van der Waals surface area contributed by atoms with Crippen molar-refractivity contribution >= 4 is 5.97 Å². The van der Waals surface area contributed by atoms with Gasteiger partial charge in [0.25, 0.3) is 0 Å². The molecule has 0 saturated carbocycles. The second-order valence-electron chi connectivity index (χ2n) is 4.95. The molecule has 3 nitrogen and oxygen atoms in total. The molecule has 0 radical (unpaired) electrons. The molecule has 0 aromatic heterocycles. The number of carbonyl (C=O) groups is 1. The van der Waals surface area contributed by atoms with Crippen LogP contribution in [0.15, 0.2) is 0 Å². The number of carbonyl (C=O) groups excluding carboxylic acids is 1. The first-order valence-corrected chi connectivity index (χ1v) is 7.57. The van der Waals surface area contributed by atoms with Gasteiger partial charge in [0.15, 0.2) is 6.10 Å². The van der Waals surface area contributed by atoms with Crippen molar-refractivity contribution in [3.63, 3.8) is 0 Å². The van der Waals surface area contributed by atoms with Gasteiger partial charge in [-0.1, -0.05) is 65.2 Å². The Bertz CT molecular complexity index is 192. The molecule has 0 rings (SSSR count). The fraction of sp³-hybridized carbons (Fsp3) is 0.933. The smallest absolute Gasteiger partial charge is 0.334 e. The van der Waals surface area contributed by atoms with Crippen LogP contribution in [0.5, 0.6) is 0 Å². The second-order valence-corrected chi connectivity index (χ2v) is 4.95. The highest BCUT2D eigenvalue weighted by molar-refractivity contribution is 5.74. The van der Waals surface area contributed by atoms with E-state index in [0.29, 0.717) is 13.0 Å². The summed E-state index contributed by atoms with van der Waals surface area (Å²) in [7, 11) is 0. The average Bonchev–Trinajstić information content (AvgIpc) is 2.38. The highest BCUT2D eigenvalue weighted by atomic mass is 16.5. The van der Waals surface area contributed by atoms with Gasteiger partial charge in [-0.05, 0) is 12.8 Å². The molecule has 0 aliphatic carbocycles. The summed E-state index contributed by atoms with van der Waals surface area (Å²) in [6.07, 6.45) is 10.2. The molecule has 18 heavy (non-hydrogen) atoms. The van der Waals surface area contributed by atoms with Gasteiger partial charge in [0.2, 0.25) is 0 Å². The zero-order chi connectivity index (χ0) is 13.6. The van der Waals surface area contributed by atoms with E-state index < -0.39 is 12.1 Å². The topological polar surface area (TPSA) is 46.5 Å². The standard InChI is InChI=1S/C15H30O3/c1-3-5-6-7-8-9-10-11-12-14(16)15(17)18-13-4-2/h14,16H,3-13H2,1-2H3/t14-/m0/s1. The van der Waals surface area contributed by atoms with Crippen LogP contribution < -0.4 is 0 Å². The molecular weight excluding hydrogens is 228 g/mol. The molecular formula is C15H30O3. The van der Waals surface area contributed by atoms with Crippen molar-refractivity contribution in [2.24, 2.45) is 0 Å². The minimum Gasteiger partial charge on any atom is -0.464 e. The first-order valence-electron chi connectivity index (χ1n) is 7.57. The van der Waals surface area contributed by atoms with E-state index in [0.717, 1.165) is 19.3 Å². The highest BCUT2D eigenvalue weighted by Gasteiger charge is 2.15. The molecule has 0 aliphatic heterocycles. The maximum Gasteiger partial charge on any atom is 0.334 e. The average molecular weight is 258 g/mol. The first kappa shape index (κ1) is 17.4. The molecule has 0 spiro atoms. The Morgan fingerprint density at radius 2 is 1.50 bits per heavy atom. The Hall–Kier alpha value is -0.570. The third-order valence-electron chi connectivity index (χ3n) is 3.05. The number of aliphatic hydroxyl groups is 1. The van der Waals surface area contributed by atoms with E-state index in [4.69, 9.17) is 4.74 Å². The molecule has 0 heterocycles. The lowest BCUT2D eigenvalue weighted by atomic mass is 10.1. The Kier molecular flexibility index (Phi) is 12.5. The summed E-state index contributed by atoms with van der Waals surface area (Å²) in [6, 6.07) is 0. The summed E-state index contributed by atoms with van der Waals surface area (Å²) >= 11 is 0. The van der Waals surface area contributed by atoms with Crippen LogP contribution in [0.25, 0.3) is 0 Å². The lowest BCUT2D eigenvalue weighted by Crippen LogP contribution is -2.23. The maximum atomic E-state index is 11.3. The van der Waals surface area contributed by atoms with Crippen LogP contribution in [-0.2, 0) is 9.53 Å². The van der Waals surface area contributed by atoms with Gasteiger partial charge >= 0.3 is 5.97 Å². The van der Waals surface area contributed by atoms with E-state index in [1.165, 1.54) is 38.5 Å². The molecule has 0 aliphatic rings. The van der Waals surface area contributed by atoms with Gasteiger partial charge in [-0.3, -0.25) is 0 Å². The van der Waals surface area contributed by atoms with Gasteiger partial charge < -0.3 is 9.84 Å². The molecule has 0 aromatic rings. The molecule has 0 saturated heterocycles. The predicted octanol–water partition coefficient (Wildman–Crippen LogP) is 3.83. The lowest BCUT2D eigenvalue weighted by Gasteiger charge is -2.09. The van der Waals surface area contributed by atoms with Crippen molar-refractivity contribution in [3.8, 4) is 0 Å². The third-order valence-corrected chi connectivity index (χ3v) is 3.05. The molecule has 1 atom stereocenters. The Labute approximate surface area is 112 Å². The Morgan fingerprint density at radius 1 is 0.944 bits per heavy atom. The summed E-state index contributed by atoms with van der Waals surface area (Å²) in [5.41, 5.74) is 0. The number of esters is 1. The second kappa shape index (κ2) is 12.9. The molecule has 108 valence electrons. The SMILES string of the molecule is CCCCCCCCCC[C@H](O)C(=O)OCCC. The van der Waals surface area contributed by atoms with E-state index in [1.807, 2.05) is 6.92 Å². The van der Waals surface area contributed by atoms with Gasteiger partial charge in [-0.25, -0.2) is 4.79 Å². The van der Waals surface area contributed by atoms with Crippen LogP contribution in [0.1, 0.15) is 78.1 Å². The molecule has 0 bridgehead atoms. The van der Waals surface area contributed by atoms with Crippen molar-refractivity contribution in [2.45, 2.75) is 84.2 Å². The summed E-state index contributed by atoms with van der Waals surface area (Å²) in [5, 5.41) is 9.54. The van der Waals surface area contributed by atoms with Gasteiger partial charge in [0.1, 0.15) is 0 Å². The molecule has 0 unspecified atom stereocenters. The van der Waals surface area contributed by atoms with E-state index >= 15 is 0 Å². The number of hydrogen-bond acceptors (Lipinski definition) is 3. The maximum absolute atomic E-state index is 11.3. The van der Waals surface area contributed by atoms with Crippen LogP contribution in [-0.4, -0.2) is 23.8 Å². The van der Waals surface area contributed by atoms with E-state index in [1.54, 1.807) is 0 Å². The number of rotatable bonds is 12. The summed E-state index contributed by atoms with van der Waals surface area (Å²) < 4.78 is 4.89. The Morgan fingerprint density at radius 3 is 2.06 bits per heavy atom. The van der Waals surface area contributed by atoms with Crippen LogP contribution in [0, 0.1) is 0 Å². The Balaban J connectivity index is 3.29. The predicted molar refractivity (Wildman–Crippen MR) is 74.5 cm³/mol. The van der Waals surface area contributed by atoms with Gasteiger partial charge in [-0.15, -0.1) is 0 Å². The van der Waals surface area contributed by atoms with Crippen molar-refractivity contribution < 1.29 is 14.6 Å².